The molecule has 0 saturated heterocycles. The van der Waals surface area contributed by atoms with Crippen LogP contribution in [0.1, 0.15) is 24.3 Å². The second-order valence-electron chi connectivity index (χ2n) is 5.70. The van der Waals surface area contributed by atoms with Crippen LogP contribution >= 0.6 is 11.3 Å². The van der Waals surface area contributed by atoms with Gasteiger partial charge >= 0.3 is 0 Å². The Labute approximate surface area is 138 Å². The number of thiazole rings is 1. The molecule has 1 N–H and O–H groups in total. The fourth-order valence-electron chi connectivity index (χ4n) is 2.37. The zero-order valence-electron chi connectivity index (χ0n) is 13.4. The maximum Gasteiger partial charge on any atom is 0.272 e. The van der Waals surface area contributed by atoms with Gasteiger partial charge in [-0.25, -0.2) is 4.98 Å². The van der Waals surface area contributed by atoms with Crippen molar-refractivity contribution in [1.82, 2.24) is 14.7 Å². The van der Waals surface area contributed by atoms with E-state index >= 15 is 0 Å². The highest BCUT2D eigenvalue weighted by atomic mass is 32.1. The first-order valence-electron chi connectivity index (χ1n) is 7.48. The van der Waals surface area contributed by atoms with Gasteiger partial charge in [0.25, 0.3) is 5.91 Å². The molecule has 0 aliphatic carbocycles. The molecule has 0 radical (unpaired) electrons. The SMILES string of the molecule is COc1cccc(-c2c(C(=O)NCC(C)C)nc3sccn23)c1. The highest BCUT2D eigenvalue weighted by Gasteiger charge is 2.21. The minimum Gasteiger partial charge on any atom is -0.497 e. The van der Waals surface area contributed by atoms with Gasteiger partial charge in [0.2, 0.25) is 0 Å². The van der Waals surface area contributed by atoms with Crippen molar-refractivity contribution in [3.63, 3.8) is 0 Å². The first-order chi connectivity index (χ1) is 11.1. The van der Waals surface area contributed by atoms with E-state index in [-0.39, 0.29) is 5.91 Å². The van der Waals surface area contributed by atoms with Crippen molar-refractivity contribution in [2.24, 2.45) is 5.92 Å². The Hall–Kier alpha value is -2.34. The van der Waals surface area contributed by atoms with Gasteiger partial charge in [-0.2, -0.15) is 0 Å². The molecular weight excluding hydrogens is 310 g/mol. The van der Waals surface area contributed by atoms with Crippen LogP contribution in [0.2, 0.25) is 0 Å². The van der Waals surface area contributed by atoms with Crippen molar-refractivity contribution in [3.8, 4) is 17.0 Å². The molecule has 0 spiro atoms. The number of benzene rings is 1. The van der Waals surface area contributed by atoms with Crippen LogP contribution in [-0.2, 0) is 0 Å². The second-order valence-corrected chi connectivity index (χ2v) is 6.57. The summed E-state index contributed by atoms with van der Waals surface area (Å²) in [5.41, 5.74) is 2.15. The number of rotatable bonds is 5. The number of aromatic nitrogens is 2. The van der Waals surface area contributed by atoms with E-state index in [4.69, 9.17) is 4.74 Å². The van der Waals surface area contributed by atoms with Gasteiger partial charge in [-0.3, -0.25) is 9.20 Å². The fourth-order valence-corrected chi connectivity index (χ4v) is 3.08. The molecule has 0 aliphatic heterocycles. The molecule has 0 saturated carbocycles. The molecule has 0 atom stereocenters. The standard InChI is InChI=1S/C17H19N3O2S/c1-11(2)10-18-16(21)14-15(20-7-8-23-17(20)19-14)12-5-4-6-13(9-12)22-3/h4-9,11H,10H2,1-3H3,(H,18,21). The number of nitrogens with one attached hydrogen (secondary N) is 1. The average Bonchev–Trinajstić information content (AvgIpc) is 3.13. The number of amides is 1. The second kappa shape index (κ2) is 6.42. The molecule has 1 amide bonds. The monoisotopic (exact) mass is 329 g/mol. The van der Waals surface area contributed by atoms with Crippen molar-refractivity contribution < 1.29 is 9.53 Å². The van der Waals surface area contributed by atoms with Gasteiger partial charge < -0.3 is 10.1 Å². The molecule has 6 heteroatoms. The summed E-state index contributed by atoms with van der Waals surface area (Å²) in [6, 6.07) is 7.67. The summed E-state index contributed by atoms with van der Waals surface area (Å²) >= 11 is 1.51. The Morgan fingerprint density at radius 3 is 3.00 bits per heavy atom. The third kappa shape index (κ3) is 3.07. The predicted octanol–water partition coefficient (Wildman–Crippen LogP) is 3.46. The van der Waals surface area contributed by atoms with Crippen molar-refractivity contribution in [3.05, 3.63) is 41.5 Å². The lowest BCUT2D eigenvalue weighted by Crippen LogP contribution is -2.28. The molecular formula is C17H19N3O2S. The summed E-state index contributed by atoms with van der Waals surface area (Å²) in [4.78, 5) is 17.9. The van der Waals surface area contributed by atoms with Gasteiger partial charge in [0.1, 0.15) is 5.75 Å². The predicted molar refractivity (Wildman–Crippen MR) is 92.2 cm³/mol. The van der Waals surface area contributed by atoms with Crippen LogP contribution in [0.15, 0.2) is 35.8 Å². The first-order valence-corrected chi connectivity index (χ1v) is 8.36. The Bertz CT molecular complexity index is 835. The largest absolute Gasteiger partial charge is 0.497 e. The minimum absolute atomic E-state index is 0.146. The highest BCUT2D eigenvalue weighted by molar-refractivity contribution is 7.15. The average molecular weight is 329 g/mol. The van der Waals surface area contributed by atoms with Crippen LogP contribution in [0.3, 0.4) is 0 Å². The minimum atomic E-state index is -0.146. The Kier molecular flexibility index (Phi) is 4.34. The molecule has 0 fully saturated rings. The van der Waals surface area contributed by atoms with Crippen LogP contribution in [0.5, 0.6) is 5.75 Å². The molecule has 0 aliphatic rings. The maximum atomic E-state index is 12.6. The molecule has 5 nitrogen and oxygen atoms in total. The Balaban J connectivity index is 2.08. The number of imidazole rings is 1. The van der Waals surface area contributed by atoms with Crippen LogP contribution in [0.25, 0.3) is 16.2 Å². The summed E-state index contributed by atoms with van der Waals surface area (Å²) in [7, 11) is 1.63. The number of hydrogen-bond donors (Lipinski definition) is 1. The third-order valence-corrected chi connectivity index (χ3v) is 4.25. The Morgan fingerprint density at radius 1 is 1.43 bits per heavy atom. The van der Waals surface area contributed by atoms with E-state index in [2.05, 4.69) is 24.1 Å². The van der Waals surface area contributed by atoms with E-state index in [0.717, 1.165) is 22.0 Å². The lowest BCUT2D eigenvalue weighted by molar-refractivity contribution is 0.0945. The number of ether oxygens (including phenoxy) is 1. The molecule has 0 unspecified atom stereocenters. The van der Waals surface area contributed by atoms with Crippen LogP contribution in [-0.4, -0.2) is 28.9 Å². The summed E-state index contributed by atoms with van der Waals surface area (Å²) < 4.78 is 7.25. The molecule has 2 heterocycles. The summed E-state index contributed by atoms with van der Waals surface area (Å²) in [5.74, 6) is 0.997. The van der Waals surface area contributed by atoms with Crippen LogP contribution in [0.4, 0.5) is 0 Å². The van der Waals surface area contributed by atoms with Gasteiger partial charge in [0.15, 0.2) is 10.7 Å². The zero-order chi connectivity index (χ0) is 16.4. The van der Waals surface area contributed by atoms with Gasteiger partial charge in [-0.05, 0) is 18.1 Å². The number of carbonyl (C=O) groups is 1. The lowest BCUT2D eigenvalue weighted by Gasteiger charge is -2.09. The number of nitrogens with zero attached hydrogens (tertiary/aromatic N) is 2. The molecule has 120 valence electrons. The van der Waals surface area contributed by atoms with E-state index in [9.17, 15) is 4.79 Å². The number of methoxy groups -OCH3 is 1. The van der Waals surface area contributed by atoms with Gasteiger partial charge in [-0.1, -0.05) is 26.0 Å². The van der Waals surface area contributed by atoms with Crippen molar-refractivity contribution >= 4 is 22.2 Å². The smallest absolute Gasteiger partial charge is 0.272 e. The fraction of sp³-hybridized carbons (Fsp3) is 0.294. The lowest BCUT2D eigenvalue weighted by atomic mass is 10.1. The zero-order valence-corrected chi connectivity index (χ0v) is 14.2. The van der Waals surface area contributed by atoms with Crippen molar-refractivity contribution in [2.75, 3.05) is 13.7 Å². The molecule has 0 bridgehead atoms. The quantitative estimate of drug-likeness (QED) is 0.780. The molecule has 3 aromatic rings. The first kappa shape index (κ1) is 15.6. The van der Waals surface area contributed by atoms with E-state index in [1.807, 2.05) is 40.2 Å². The molecule has 23 heavy (non-hydrogen) atoms. The summed E-state index contributed by atoms with van der Waals surface area (Å²) in [6.07, 6.45) is 1.93. The van der Waals surface area contributed by atoms with Gasteiger partial charge in [0.05, 0.1) is 12.8 Å². The van der Waals surface area contributed by atoms with E-state index < -0.39 is 0 Å². The number of carbonyl (C=O) groups excluding carboxylic acids is 1. The van der Waals surface area contributed by atoms with Crippen LogP contribution < -0.4 is 10.1 Å². The van der Waals surface area contributed by atoms with Crippen molar-refractivity contribution in [1.29, 1.82) is 0 Å². The topological polar surface area (TPSA) is 55.6 Å². The van der Waals surface area contributed by atoms with Crippen LogP contribution in [0, 0.1) is 5.92 Å². The van der Waals surface area contributed by atoms with Gasteiger partial charge in [-0.15, -0.1) is 11.3 Å². The molecule has 3 rings (SSSR count). The number of hydrogen-bond acceptors (Lipinski definition) is 4. The summed E-state index contributed by atoms with van der Waals surface area (Å²) in [5, 5.41) is 4.91. The summed E-state index contributed by atoms with van der Waals surface area (Å²) in [6.45, 7) is 4.76. The van der Waals surface area contributed by atoms with E-state index in [1.165, 1.54) is 11.3 Å². The Morgan fingerprint density at radius 2 is 2.26 bits per heavy atom. The van der Waals surface area contributed by atoms with E-state index in [1.54, 1.807) is 7.11 Å². The van der Waals surface area contributed by atoms with Gasteiger partial charge in [0, 0.05) is 23.7 Å². The van der Waals surface area contributed by atoms with Crippen molar-refractivity contribution in [2.45, 2.75) is 13.8 Å². The van der Waals surface area contributed by atoms with E-state index in [0.29, 0.717) is 18.2 Å². The normalized spacial score (nSPS) is 11.1. The maximum absolute atomic E-state index is 12.6. The highest BCUT2D eigenvalue weighted by Crippen LogP contribution is 2.29. The molecule has 1 aromatic carbocycles. The molecule has 2 aromatic heterocycles. The number of fused-ring (bicyclic) bond motifs is 1. The third-order valence-electron chi connectivity index (χ3n) is 3.49.